The first-order chi connectivity index (χ1) is 35.3. The van der Waals surface area contributed by atoms with Crippen LogP contribution in [0.1, 0.15) is 159 Å². The number of benzene rings is 3. The third-order valence-electron chi connectivity index (χ3n) is 15.2. The molecule has 4 aliphatic rings. The number of hydrogen-bond acceptors (Lipinski definition) is 11. The van der Waals surface area contributed by atoms with Gasteiger partial charge in [0.2, 0.25) is 12.1 Å². The van der Waals surface area contributed by atoms with Crippen LogP contribution in [0.15, 0.2) is 90.1 Å². The predicted molar refractivity (Wildman–Crippen MR) is 282 cm³/mol. The van der Waals surface area contributed by atoms with E-state index in [1.165, 1.54) is 44.9 Å². The maximum absolute atomic E-state index is 14.8. The topological polar surface area (TPSA) is 158 Å². The van der Waals surface area contributed by atoms with E-state index in [2.05, 4.69) is 43.1 Å². The normalized spacial score (nSPS) is 23.8. The summed E-state index contributed by atoms with van der Waals surface area (Å²) in [5.41, 5.74) is 3.37. The summed E-state index contributed by atoms with van der Waals surface area (Å²) in [4.78, 5) is 36.4. The van der Waals surface area contributed by atoms with Gasteiger partial charge >= 0.3 is 12.2 Å². The van der Waals surface area contributed by atoms with Gasteiger partial charge in [-0.1, -0.05) is 137 Å². The average Bonchev–Trinajstić information content (AvgIpc) is 3.39. The summed E-state index contributed by atoms with van der Waals surface area (Å²) >= 11 is 0. The summed E-state index contributed by atoms with van der Waals surface area (Å²) in [7, 11) is 0. The number of amides is 2. The number of nitrogens with zero attached hydrogens (tertiary/aromatic N) is 2. The number of oxime groups is 1. The molecule has 1 saturated heterocycles. The Balaban J connectivity index is 1.30. The number of rotatable bonds is 29. The van der Waals surface area contributed by atoms with Gasteiger partial charge in [0.1, 0.15) is 17.5 Å². The highest BCUT2D eigenvalue weighted by Gasteiger charge is 2.66. The summed E-state index contributed by atoms with van der Waals surface area (Å²) in [5, 5.41) is 30.2. The Labute approximate surface area is 428 Å². The molecule has 72 heavy (non-hydrogen) atoms. The molecular weight excluding hydrogens is 911 g/mol. The molecule has 0 radical (unpaired) electrons. The molecule has 2 heterocycles. The number of aliphatic hydroxyl groups excluding tert-OH is 2. The van der Waals surface area contributed by atoms with Crippen molar-refractivity contribution in [3.63, 3.8) is 0 Å². The van der Waals surface area contributed by atoms with Gasteiger partial charge in [-0.05, 0) is 104 Å². The number of allylic oxidation sites excluding steroid dienone is 1. The molecule has 7 rings (SSSR count). The van der Waals surface area contributed by atoms with Crippen LogP contribution in [0.5, 0.6) is 11.5 Å². The first-order valence-corrected chi connectivity index (χ1v) is 27.6. The van der Waals surface area contributed by atoms with E-state index in [9.17, 15) is 19.8 Å². The van der Waals surface area contributed by atoms with E-state index in [1.807, 2.05) is 36.4 Å². The molecule has 0 aromatic heterocycles. The Bertz CT molecular complexity index is 2240. The van der Waals surface area contributed by atoms with Gasteiger partial charge in [0.15, 0.2) is 0 Å². The summed E-state index contributed by atoms with van der Waals surface area (Å²) in [6.07, 6.45) is 21.8. The molecule has 0 bridgehead atoms. The van der Waals surface area contributed by atoms with E-state index in [1.54, 1.807) is 24.0 Å². The molecule has 2 aliphatic heterocycles. The largest absolute Gasteiger partial charge is 0.459 e. The second-order valence-corrected chi connectivity index (χ2v) is 20.1. The molecule has 7 atom stereocenters. The van der Waals surface area contributed by atoms with Crippen molar-refractivity contribution < 1.29 is 48.3 Å². The van der Waals surface area contributed by atoms with Crippen molar-refractivity contribution in [3.8, 4) is 11.5 Å². The first-order valence-electron chi connectivity index (χ1n) is 27.6. The number of aliphatic hydroxyl groups is 2. The van der Waals surface area contributed by atoms with Crippen LogP contribution < -0.4 is 14.8 Å². The zero-order valence-corrected chi connectivity index (χ0v) is 43.2. The number of carbonyl (C=O) groups excluding carboxylic acids is 2. The summed E-state index contributed by atoms with van der Waals surface area (Å²) in [5.74, 6) is -1.42. The highest BCUT2D eigenvalue weighted by atomic mass is 16.8. The van der Waals surface area contributed by atoms with Gasteiger partial charge in [-0.3, -0.25) is 4.90 Å². The highest BCUT2D eigenvalue weighted by molar-refractivity contribution is 6.03. The van der Waals surface area contributed by atoms with Crippen molar-refractivity contribution in [3.05, 3.63) is 96.1 Å². The van der Waals surface area contributed by atoms with Crippen molar-refractivity contribution in [1.82, 2.24) is 10.2 Å². The van der Waals surface area contributed by atoms with Crippen molar-refractivity contribution in [2.45, 2.75) is 173 Å². The van der Waals surface area contributed by atoms with Gasteiger partial charge in [0, 0.05) is 44.1 Å². The Kier molecular flexibility index (Phi) is 21.7. The Morgan fingerprint density at radius 2 is 1.64 bits per heavy atom. The minimum Gasteiger partial charge on any atom is -0.459 e. The van der Waals surface area contributed by atoms with Crippen LogP contribution in [0, 0.1) is 17.8 Å². The molecule has 2 aliphatic carbocycles. The van der Waals surface area contributed by atoms with Gasteiger partial charge in [0.25, 0.3) is 0 Å². The van der Waals surface area contributed by atoms with Crippen LogP contribution in [-0.4, -0.2) is 90.7 Å². The Hall–Kier alpha value is -4.95. The van der Waals surface area contributed by atoms with Crippen LogP contribution in [0.2, 0.25) is 0 Å². The molecule has 3 N–H and O–H groups in total. The first kappa shape index (κ1) is 54.8. The van der Waals surface area contributed by atoms with Crippen LogP contribution in [0.3, 0.4) is 0 Å². The fraction of sp³-hybridized carbons (Fsp3) is 0.610. The number of fused-ring (bicyclic) bond motifs is 3. The molecule has 2 fully saturated rings. The van der Waals surface area contributed by atoms with E-state index in [-0.39, 0.29) is 57.1 Å². The molecule has 394 valence electrons. The molecule has 2 amide bonds. The highest BCUT2D eigenvalue weighted by Crippen LogP contribution is 2.62. The number of nitrogens with one attached hydrogen (secondary N) is 1. The molecule has 1 saturated carbocycles. The number of hydrogen-bond donors (Lipinski definition) is 3. The summed E-state index contributed by atoms with van der Waals surface area (Å²) in [6, 6.07) is 19.0. The van der Waals surface area contributed by atoms with E-state index >= 15 is 0 Å². The fourth-order valence-corrected chi connectivity index (χ4v) is 11.7. The van der Waals surface area contributed by atoms with Gasteiger partial charge in [0.05, 0.1) is 38.0 Å². The van der Waals surface area contributed by atoms with E-state index in [4.69, 9.17) is 33.7 Å². The fourth-order valence-electron chi connectivity index (χ4n) is 11.7. The molecular formula is C59H83N3O10. The van der Waals surface area contributed by atoms with E-state index < -0.39 is 36.2 Å². The van der Waals surface area contributed by atoms with Crippen molar-refractivity contribution in [1.29, 1.82) is 0 Å². The van der Waals surface area contributed by atoms with Crippen molar-refractivity contribution >= 4 is 28.7 Å². The number of ether oxygens (including phenoxy) is 5. The van der Waals surface area contributed by atoms with Crippen LogP contribution in [0.25, 0.3) is 10.8 Å². The lowest BCUT2D eigenvalue weighted by Crippen LogP contribution is -2.70. The lowest BCUT2D eigenvalue weighted by molar-refractivity contribution is -0.256. The zero-order valence-electron chi connectivity index (χ0n) is 43.2. The third-order valence-corrected chi connectivity index (χ3v) is 15.2. The maximum atomic E-state index is 14.8. The van der Waals surface area contributed by atoms with Gasteiger partial charge in [-0.2, -0.15) is 0 Å². The van der Waals surface area contributed by atoms with Gasteiger partial charge in [-0.15, -0.1) is 6.58 Å². The van der Waals surface area contributed by atoms with Crippen molar-refractivity contribution in [2.75, 3.05) is 39.6 Å². The average molecular weight is 994 g/mol. The van der Waals surface area contributed by atoms with E-state index in [0.717, 1.165) is 85.3 Å². The van der Waals surface area contributed by atoms with Crippen LogP contribution in [-0.2, 0) is 25.6 Å². The predicted octanol–water partition coefficient (Wildman–Crippen LogP) is 12.7. The molecule has 1 unspecified atom stereocenters. The van der Waals surface area contributed by atoms with Crippen LogP contribution >= 0.6 is 0 Å². The maximum Gasteiger partial charge on any atom is 0.412 e. The molecule has 0 spiro atoms. The lowest BCUT2D eigenvalue weighted by atomic mass is 9.55. The Morgan fingerprint density at radius 1 is 0.889 bits per heavy atom. The number of unbranched alkanes of at least 4 members (excludes halogenated alkanes) is 11. The zero-order chi connectivity index (χ0) is 50.5. The molecule has 3 aromatic carbocycles. The minimum absolute atomic E-state index is 0.0181. The molecule has 13 heteroatoms. The lowest BCUT2D eigenvalue weighted by Gasteiger charge is -2.60. The third kappa shape index (κ3) is 14.0. The van der Waals surface area contributed by atoms with E-state index in [0.29, 0.717) is 49.6 Å². The SMILES string of the molecule is C=CCO[C@@]12Oc3ccc(OC(=O)NCCCCCCCCCCCC)cc3[C@H]3[C@H](CCCCO)[C@@H](CCCCO)C=C(C(=NOC4CCCCO4)C[C@@H]1N(Cc1cccc4ccccc14)C(=O)OCC)[C@H]32. The van der Waals surface area contributed by atoms with Gasteiger partial charge in [-0.25, -0.2) is 9.59 Å². The van der Waals surface area contributed by atoms with Crippen molar-refractivity contribution in [2.24, 2.45) is 22.9 Å². The second kappa shape index (κ2) is 28.5. The monoisotopic (exact) mass is 994 g/mol. The smallest absolute Gasteiger partial charge is 0.412 e. The second-order valence-electron chi connectivity index (χ2n) is 20.1. The standard InChI is InChI=1S/C59H83N3O10/c1-4-7-8-9-10-11-12-13-14-20-34-60-57(65)70-46-32-33-52-50(40-46)55-48(30-18-22-36-64)44(26-17-21-35-63)39-49-51(61-72-54-31-19-23-38-68-54)41-53(59(71-52,56(49)55)69-37-5-2)62(58(66)67-6-3)42-45-28-24-27-43-25-15-16-29-47(43)45/h5,15-16,24-25,27-29,32-33,39-40,44,48,53-56,63-64H,2,4,6-14,17-23,26,30-31,34-38,41-42H2,1,3H3,(H,60,65)/t44-,48+,53-,54?,55+,56+,59+/m0/s1. The quantitative estimate of drug-likeness (QED) is 0.0347. The molecule has 3 aromatic rings. The number of carbonyl (C=O) groups is 2. The molecule has 13 nitrogen and oxygen atoms in total. The summed E-state index contributed by atoms with van der Waals surface area (Å²) in [6.45, 7) is 9.85. The minimum atomic E-state index is -1.50. The van der Waals surface area contributed by atoms with Gasteiger partial charge < -0.3 is 44.1 Å². The van der Waals surface area contributed by atoms with Crippen LogP contribution in [0.4, 0.5) is 9.59 Å². The summed E-state index contributed by atoms with van der Waals surface area (Å²) < 4.78 is 32.7. The Morgan fingerprint density at radius 3 is 2.38 bits per heavy atom.